The smallest absolute Gasteiger partial charge is 0.247 e. The normalized spacial score (nSPS) is 11.0. The van der Waals surface area contributed by atoms with E-state index in [0.717, 1.165) is 4.88 Å². The first-order valence-corrected chi connectivity index (χ1v) is 5.55. The van der Waals surface area contributed by atoms with Gasteiger partial charge in [0.2, 0.25) is 11.6 Å². The van der Waals surface area contributed by atoms with Gasteiger partial charge in [-0.2, -0.15) is 0 Å². The summed E-state index contributed by atoms with van der Waals surface area (Å²) in [4.78, 5) is 9.36. The number of rotatable bonds is 1. The van der Waals surface area contributed by atoms with E-state index in [4.69, 9.17) is 16.0 Å². The Labute approximate surface area is 94.3 Å². The minimum Gasteiger partial charge on any atom is -0.417 e. The quantitative estimate of drug-likeness (QED) is 0.648. The van der Waals surface area contributed by atoms with Gasteiger partial charge in [0.25, 0.3) is 0 Å². The van der Waals surface area contributed by atoms with Crippen LogP contribution in [0, 0.1) is 0 Å². The van der Waals surface area contributed by atoms with Gasteiger partial charge in [-0.15, -0.1) is 11.3 Å². The fourth-order valence-electron chi connectivity index (χ4n) is 1.30. The van der Waals surface area contributed by atoms with Crippen molar-refractivity contribution in [3.63, 3.8) is 0 Å². The zero-order chi connectivity index (χ0) is 10.3. The summed E-state index contributed by atoms with van der Waals surface area (Å²) in [5, 5.41) is 2.54. The zero-order valence-electron chi connectivity index (χ0n) is 7.48. The van der Waals surface area contributed by atoms with Gasteiger partial charge in [-0.25, -0.2) is 9.97 Å². The summed E-state index contributed by atoms with van der Waals surface area (Å²) in [6.45, 7) is 0. The van der Waals surface area contributed by atoms with Crippen molar-refractivity contribution in [3.05, 3.63) is 34.8 Å². The lowest BCUT2D eigenvalue weighted by Gasteiger charge is -1.85. The first-order valence-electron chi connectivity index (χ1n) is 4.29. The first-order chi connectivity index (χ1) is 7.33. The zero-order valence-corrected chi connectivity index (χ0v) is 9.05. The highest BCUT2D eigenvalue weighted by molar-refractivity contribution is 7.13. The highest BCUT2D eigenvalue weighted by Gasteiger charge is 2.09. The Morgan fingerprint density at radius 1 is 1.40 bits per heavy atom. The van der Waals surface area contributed by atoms with Gasteiger partial charge in [0.05, 0.1) is 9.90 Å². The van der Waals surface area contributed by atoms with E-state index in [1.807, 2.05) is 17.5 Å². The molecule has 0 aliphatic heterocycles. The molecule has 0 saturated carbocycles. The van der Waals surface area contributed by atoms with Crippen molar-refractivity contribution < 1.29 is 4.42 Å². The molecule has 0 atom stereocenters. The maximum Gasteiger partial charge on any atom is 0.247 e. The summed E-state index contributed by atoms with van der Waals surface area (Å²) in [5.74, 6) is 0.592. The number of thiophene rings is 1. The average molecular weight is 237 g/mol. The summed E-state index contributed by atoms with van der Waals surface area (Å²) in [5.41, 5.74) is 1.20. The van der Waals surface area contributed by atoms with Gasteiger partial charge in [-0.05, 0) is 17.5 Å². The summed E-state index contributed by atoms with van der Waals surface area (Å²) in [6, 6.07) is 5.65. The van der Waals surface area contributed by atoms with Crippen LogP contribution in [-0.4, -0.2) is 9.97 Å². The second kappa shape index (κ2) is 3.32. The second-order valence-corrected chi connectivity index (χ2v) is 4.36. The van der Waals surface area contributed by atoms with Crippen LogP contribution in [0.15, 0.2) is 34.2 Å². The molecule has 3 rings (SSSR count). The highest BCUT2D eigenvalue weighted by Crippen LogP contribution is 2.27. The van der Waals surface area contributed by atoms with Crippen LogP contribution in [0.2, 0.25) is 5.02 Å². The number of aromatic nitrogens is 2. The summed E-state index contributed by atoms with van der Waals surface area (Å²) in [7, 11) is 0. The lowest BCUT2D eigenvalue weighted by atomic mass is 10.4. The number of nitrogens with zero attached hydrogens (tertiary/aromatic N) is 2. The van der Waals surface area contributed by atoms with Crippen LogP contribution in [0.3, 0.4) is 0 Å². The molecular weight excluding hydrogens is 232 g/mol. The molecule has 0 saturated heterocycles. The Balaban J connectivity index is 2.22. The van der Waals surface area contributed by atoms with E-state index in [1.54, 1.807) is 23.6 Å². The van der Waals surface area contributed by atoms with Gasteiger partial charge in [-0.1, -0.05) is 17.7 Å². The molecular formula is C10H5ClN2OS. The molecule has 0 fully saturated rings. The fraction of sp³-hybridized carbons (Fsp3) is 0. The molecule has 74 valence electrons. The van der Waals surface area contributed by atoms with Gasteiger partial charge in [0, 0.05) is 6.20 Å². The maximum atomic E-state index is 5.81. The van der Waals surface area contributed by atoms with E-state index in [1.165, 1.54) is 0 Å². The van der Waals surface area contributed by atoms with Crippen molar-refractivity contribution in [1.82, 2.24) is 9.97 Å². The molecule has 0 aromatic carbocycles. The lowest BCUT2D eigenvalue weighted by Crippen LogP contribution is -1.73. The van der Waals surface area contributed by atoms with E-state index < -0.39 is 0 Å². The molecule has 0 aliphatic carbocycles. The van der Waals surface area contributed by atoms with Crippen LogP contribution in [-0.2, 0) is 0 Å². The van der Waals surface area contributed by atoms with Crippen molar-refractivity contribution in [3.8, 4) is 10.8 Å². The topological polar surface area (TPSA) is 38.9 Å². The Kier molecular flexibility index (Phi) is 1.97. The van der Waals surface area contributed by atoms with Crippen LogP contribution < -0.4 is 0 Å². The molecule has 0 amide bonds. The Hall–Kier alpha value is -1.39. The van der Waals surface area contributed by atoms with Crippen molar-refractivity contribution in [2.24, 2.45) is 0 Å². The number of hydrogen-bond acceptors (Lipinski definition) is 4. The minimum atomic E-state index is 0.516. The van der Waals surface area contributed by atoms with Crippen LogP contribution >= 0.6 is 22.9 Å². The molecule has 3 heterocycles. The van der Waals surface area contributed by atoms with Crippen molar-refractivity contribution in [2.45, 2.75) is 0 Å². The average Bonchev–Trinajstić information content (AvgIpc) is 2.84. The summed E-state index contributed by atoms with van der Waals surface area (Å²) >= 11 is 7.39. The molecule has 0 radical (unpaired) electrons. The number of halogens is 1. The number of pyridine rings is 1. The predicted molar refractivity (Wildman–Crippen MR) is 60.1 cm³/mol. The van der Waals surface area contributed by atoms with Gasteiger partial charge in [0.1, 0.15) is 5.52 Å². The van der Waals surface area contributed by atoms with Crippen molar-refractivity contribution >= 4 is 34.2 Å². The van der Waals surface area contributed by atoms with E-state index in [-0.39, 0.29) is 0 Å². The Morgan fingerprint density at radius 2 is 2.33 bits per heavy atom. The monoisotopic (exact) mass is 236 g/mol. The van der Waals surface area contributed by atoms with Crippen molar-refractivity contribution in [1.29, 1.82) is 0 Å². The molecule has 0 spiro atoms. The molecule has 0 N–H and O–H groups in total. The van der Waals surface area contributed by atoms with Crippen LogP contribution in [0.1, 0.15) is 0 Å². The maximum absolute atomic E-state index is 5.81. The molecule has 0 unspecified atom stereocenters. The first kappa shape index (κ1) is 8.88. The second-order valence-electron chi connectivity index (χ2n) is 2.97. The van der Waals surface area contributed by atoms with Gasteiger partial charge in [-0.3, -0.25) is 0 Å². The van der Waals surface area contributed by atoms with Crippen LogP contribution in [0.5, 0.6) is 0 Å². The number of hydrogen-bond donors (Lipinski definition) is 0. The SMILES string of the molecule is Clc1cnc2oc(-c3cccs3)nc2c1. The molecule has 3 aromatic heterocycles. The van der Waals surface area contributed by atoms with Gasteiger partial charge in [0.15, 0.2) is 0 Å². The number of oxazole rings is 1. The van der Waals surface area contributed by atoms with E-state index in [0.29, 0.717) is 22.1 Å². The number of fused-ring (bicyclic) bond motifs is 1. The third-order valence-corrected chi connectivity index (χ3v) is 3.01. The Bertz CT molecular complexity index is 603. The third-order valence-electron chi connectivity index (χ3n) is 1.95. The fourth-order valence-corrected chi connectivity index (χ4v) is 2.11. The predicted octanol–water partition coefficient (Wildman–Crippen LogP) is 3.60. The molecule has 3 aromatic rings. The van der Waals surface area contributed by atoms with Crippen LogP contribution in [0.25, 0.3) is 22.0 Å². The lowest BCUT2D eigenvalue weighted by molar-refractivity contribution is 0.609. The van der Waals surface area contributed by atoms with Crippen molar-refractivity contribution in [2.75, 3.05) is 0 Å². The Morgan fingerprint density at radius 3 is 3.13 bits per heavy atom. The van der Waals surface area contributed by atoms with E-state index >= 15 is 0 Å². The standard InChI is InChI=1S/C10H5ClN2OS/c11-6-4-7-9(12-5-6)14-10(13-7)8-2-1-3-15-8/h1-5H. The summed E-state index contributed by atoms with van der Waals surface area (Å²) in [6.07, 6.45) is 1.55. The largest absolute Gasteiger partial charge is 0.417 e. The third kappa shape index (κ3) is 1.52. The highest BCUT2D eigenvalue weighted by atomic mass is 35.5. The van der Waals surface area contributed by atoms with E-state index in [2.05, 4.69) is 9.97 Å². The molecule has 0 bridgehead atoms. The molecule has 0 aliphatic rings. The molecule has 3 nitrogen and oxygen atoms in total. The van der Waals surface area contributed by atoms with Gasteiger partial charge >= 0.3 is 0 Å². The van der Waals surface area contributed by atoms with E-state index in [9.17, 15) is 0 Å². The minimum absolute atomic E-state index is 0.516. The van der Waals surface area contributed by atoms with Crippen LogP contribution in [0.4, 0.5) is 0 Å². The summed E-state index contributed by atoms with van der Waals surface area (Å²) < 4.78 is 5.50. The molecule has 5 heteroatoms. The van der Waals surface area contributed by atoms with Gasteiger partial charge < -0.3 is 4.42 Å². The molecule has 15 heavy (non-hydrogen) atoms.